The highest BCUT2D eigenvalue weighted by atomic mass is 19.4. The van der Waals surface area contributed by atoms with Crippen molar-refractivity contribution in [1.29, 1.82) is 0 Å². The Morgan fingerprint density at radius 2 is 2.24 bits per heavy atom. The van der Waals surface area contributed by atoms with Gasteiger partial charge in [-0.2, -0.15) is 13.2 Å². The van der Waals surface area contributed by atoms with Gasteiger partial charge in [0.25, 0.3) is 0 Å². The maximum Gasteiger partial charge on any atom is 0.433 e. The summed E-state index contributed by atoms with van der Waals surface area (Å²) < 4.78 is 41.4. The van der Waals surface area contributed by atoms with Crippen molar-refractivity contribution < 1.29 is 22.7 Å². The Morgan fingerprint density at radius 1 is 1.59 bits per heavy atom. The number of nitrogens with zero attached hydrogens (tertiary/aromatic N) is 1. The first-order valence-corrected chi connectivity index (χ1v) is 4.70. The highest BCUT2D eigenvalue weighted by Crippen LogP contribution is 2.27. The number of esters is 1. The zero-order chi connectivity index (χ0) is 13.1. The second-order valence-corrected chi connectivity index (χ2v) is 3.38. The van der Waals surface area contributed by atoms with Crippen LogP contribution in [0.4, 0.5) is 13.2 Å². The number of rotatable bonds is 3. The van der Waals surface area contributed by atoms with Gasteiger partial charge in [-0.1, -0.05) is 0 Å². The fourth-order valence-electron chi connectivity index (χ4n) is 1.24. The van der Waals surface area contributed by atoms with Gasteiger partial charge in [-0.15, -0.1) is 0 Å². The minimum absolute atomic E-state index is 0.0295. The molecule has 94 valence electrons. The van der Waals surface area contributed by atoms with Crippen molar-refractivity contribution in [3.8, 4) is 0 Å². The van der Waals surface area contributed by atoms with E-state index in [1.165, 1.54) is 6.07 Å². The summed E-state index contributed by atoms with van der Waals surface area (Å²) in [6.07, 6.45) is -3.51. The molecule has 0 fully saturated rings. The molecule has 4 nitrogen and oxygen atoms in total. The minimum atomic E-state index is -4.51. The first-order chi connectivity index (χ1) is 7.84. The number of nitrogens with two attached hydrogens (primary N) is 1. The molecular weight excluding hydrogens is 237 g/mol. The largest absolute Gasteiger partial charge is 0.468 e. The lowest BCUT2D eigenvalue weighted by Gasteiger charge is -2.11. The van der Waals surface area contributed by atoms with Gasteiger partial charge in [-0.25, -0.2) is 0 Å². The molecule has 0 aliphatic rings. The van der Waals surface area contributed by atoms with Crippen molar-refractivity contribution >= 4 is 5.97 Å². The van der Waals surface area contributed by atoms with Gasteiger partial charge >= 0.3 is 12.1 Å². The van der Waals surface area contributed by atoms with E-state index in [2.05, 4.69) is 9.72 Å². The van der Waals surface area contributed by atoms with Gasteiger partial charge in [0.15, 0.2) is 0 Å². The molecule has 1 rings (SSSR count). The Balaban J connectivity index is 2.83. The van der Waals surface area contributed by atoms with E-state index >= 15 is 0 Å². The molecule has 0 amide bonds. The topological polar surface area (TPSA) is 65.2 Å². The smallest absolute Gasteiger partial charge is 0.433 e. The minimum Gasteiger partial charge on any atom is -0.468 e. The molecule has 0 spiro atoms. The number of carbonyl (C=O) groups is 1. The second kappa shape index (κ2) is 5.13. The van der Waals surface area contributed by atoms with Crippen molar-refractivity contribution in [2.45, 2.75) is 18.6 Å². The molecule has 0 saturated carbocycles. The number of aromatic nitrogens is 1. The summed E-state index contributed by atoms with van der Waals surface area (Å²) in [5.41, 5.74) is 4.72. The summed E-state index contributed by atoms with van der Waals surface area (Å²) in [6, 6.07) is 1.25. The fourth-order valence-corrected chi connectivity index (χ4v) is 1.24. The summed E-state index contributed by atoms with van der Waals surface area (Å²) in [5, 5.41) is 0. The van der Waals surface area contributed by atoms with Crippen LogP contribution < -0.4 is 5.73 Å². The number of pyridine rings is 1. The monoisotopic (exact) mass is 248 g/mol. The normalized spacial score (nSPS) is 13.2. The Labute approximate surface area is 95.6 Å². The molecule has 7 heteroatoms. The third kappa shape index (κ3) is 3.70. The summed E-state index contributed by atoms with van der Waals surface area (Å²) in [7, 11) is 1.16. The number of hydrogen-bond donors (Lipinski definition) is 1. The van der Waals surface area contributed by atoms with Gasteiger partial charge in [-0.3, -0.25) is 9.78 Å². The lowest BCUT2D eigenvalue weighted by molar-refractivity contribution is -0.142. The van der Waals surface area contributed by atoms with Crippen LogP contribution in [0, 0.1) is 0 Å². The van der Waals surface area contributed by atoms with Gasteiger partial charge in [0.05, 0.1) is 7.11 Å². The van der Waals surface area contributed by atoms with Crippen LogP contribution in [0.15, 0.2) is 18.3 Å². The Hall–Kier alpha value is -1.63. The number of methoxy groups -OCH3 is 1. The average molecular weight is 248 g/mol. The molecule has 1 heterocycles. The highest BCUT2D eigenvalue weighted by molar-refractivity contribution is 5.75. The first kappa shape index (κ1) is 13.4. The van der Waals surface area contributed by atoms with E-state index in [4.69, 9.17) is 5.73 Å². The highest BCUT2D eigenvalue weighted by Gasteiger charge is 2.32. The van der Waals surface area contributed by atoms with Crippen molar-refractivity contribution in [3.05, 3.63) is 29.6 Å². The summed E-state index contributed by atoms with van der Waals surface area (Å²) in [4.78, 5) is 14.2. The third-order valence-electron chi connectivity index (χ3n) is 2.07. The average Bonchev–Trinajstić information content (AvgIpc) is 2.27. The lowest BCUT2D eigenvalue weighted by Crippen LogP contribution is -2.33. The van der Waals surface area contributed by atoms with E-state index in [-0.39, 0.29) is 12.0 Å². The quantitative estimate of drug-likeness (QED) is 0.815. The van der Waals surface area contributed by atoms with Crippen LogP contribution in [0.2, 0.25) is 0 Å². The molecule has 0 saturated heterocycles. The molecule has 0 radical (unpaired) electrons. The maximum absolute atomic E-state index is 12.3. The second-order valence-electron chi connectivity index (χ2n) is 3.38. The molecule has 1 atom stereocenters. The maximum atomic E-state index is 12.3. The molecular formula is C10H11F3N2O2. The predicted octanol–water partition coefficient (Wildman–Crippen LogP) is 1.14. The number of halogens is 3. The Bertz CT molecular complexity index is 407. The number of alkyl halides is 3. The van der Waals surface area contributed by atoms with Crippen LogP contribution in [-0.4, -0.2) is 24.1 Å². The van der Waals surface area contributed by atoms with Crippen LogP contribution in [0.1, 0.15) is 11.3 Å². The molecule has 17 heavy (non-hydrogen) atoms. The van der Waals surface area contributed by atoms with Crippen molar-refractivity contribution in [2.24, 2.45) is 5.73 Å². The first-order valence-electron chi connectivity index (χ1n) is 4.70. The third-order valence-corrected chi connectivity index (χ3v) is 2.07. The molecule has 0 aliphatic carbocycles. The van der Waals surface area contributed by atoms with Crippen LogP contribution in [0.3, 0.4) is 0 Å². The van der Waals surface area contributed by atoms with Gasteiger partial charge < -0.3 is 10.5 Å². The van der Waals surface area contributed by atoms with E-state index in [1.807, 2.05) is 0 Å². The van der Waals surface area contributed by atoms with E-state index in [0.717, 1.165) is 19.4 Å². The van der Waals surface area contributed by atoms with Crippen LogP contribution in [-0.2, 0) is 22.1 Å². The van der Waals surface area contributed by atoms with E-state index in [1.54, 1.807) is 0 Å². The zero-order valence-corrected chi connectivity index (χ0v) is 8.99. The summed E-state index contributed by atoms with van der Waals surface area (Å²) in [6.45, 7) is 0. The zero-order valence-electron chi connectivity index (χ0n) is 8.99. The van der Waals surface area contributed by atoms with Crippen molar-refractivity contribution in [1.82, 2.24) is 4.98 Å². The fraction of sp³-hybridized carbons (Fsp3) is 0.400. The van der Waals surface area contributed by atoms with Gasteiger partial charge in [-0.05, 0) is 24.1 Å². The van der Waals surface area contributed by atoms with Crippen LogP contribution in [0.5, 0.6) is 0 Å². The number of hydrogen-bond acceptors (Lipinski definition) is 4. The lowest BCUT2D eigenvalue weighted by atomic mass is 10.1. The number of ether oxygens (including phenoxy) is 1. The Morgan fingerprint density at radius 3 is 2.76 bits per heavy atom. The van der Waals surface area contributed by atoms with E-state index in [9.17, 15) is 18.0 Å². The summed E-state index contributed by atoms with van der Waals surface area (Å²) >= 11 is 0. The molecule has 0 aliphatic heterocycles. The van der Waals surface area contributed by atoms with Gasteiger partial charge in [0.1, 0.15) is 11.7 Å². The van der Waals surface area contributed by atoms with E-state index in [0.29, 0.717) is 0 Å². The van der Waals surface area contributed by atoms with Crippen molar-refractivity contribution in [2.75, 3.05) is 7.11 Å². The van der Waals surface area contributed by atoms with Gasteiger partial charge in [0.2, 0.25) is 0 Å². The van der Waals surface area contributed by atoms with Crippen LogP contribution in [0.25, 0.3) is 0 Å². The van der Waals surface area contributed by atoms with E-state index < -0.39 is 23.9 Å². The Kier molecular flexibility index (Phi) is 4.06. The standard InChI is InChI=1S/C10H11F3N2O2/c1-17-9(16)7(14)4-6-2-3-15-8(5-6)10(11,12)13/h2-3,5,7H,4,14H2,1H3. The molecule has 0 bridgehead atoms. The van der Waals surface area contributed by atoms with Crippen molar-refractivity contribution in [3.63, 3.8) is 0 Å². The molecule has 1 aromatic heterocycles. The predicted molar refractivity (Wildman–Crippen MR) is 52.9 cm³/mol. The number of carbonyl (C=O) groups excluding carboxylic acids is 1. The SMILES string of the molecule is COC(=O)C(N)Cc1ccnc(C(F)(F)F)c1. The van der Waals surface area contributed by atoms with Gasteiger partial charge in [0, 0.05) is 6.20 Å². The molecule has 1 unspecified atom stereocenters. The molecule has 2 N–H and O–H groups in total. The molecule has 0 aromatic carbocycles. The summed E-state index contributed by atoms with van der Waals surface area (Å²) in [5.74, 6) is -0.671. The van der Waals surface area contributed by atoms with Crippen LogP contribution >= 0.6 is 0 Å². The molecule has 1 aromatic rings.